The molecule has 142 valence electrons. The van der Waals surface area contributed by atoms with Gasteiger partial charge in [0.1, 0.15) is 5.75 Å². The van der Waals surface area contributed by atoms with Crippen molar-refractivity contribution in [2.75, 3.05) is 27.5 Å². The number of ether oxygens (including phenoxy) is 3. The minimum absolute atomic E-state index is 0.124. The lowest BCUT2D eigenvalue weighted by Crippen LogP contribution is -2.66. The summed E-state index contributed by atoms with van der Waals surface area (Å²) in [6.45, 7) is 3.56. The molecular formula is C21H29NO4. The maximum Gasteiger partial charge on any atom is 0.510 e. The third-order valence-corrected chi connectivity index (χ3v) is 7.38. The van der Waals surface area contributed by atoms with Gasteiger partial charge in [-0.3, -0.25) is 0 Å². The number of likely N-dealkylation sites (tertiary alicyclic amines) is 1. The van der Waals surface area contributed by atoms with E-state index in [1.54, 1.807) is 0 Å². The molecule has 0 aromatic heterocycles. The highest BCUT2D eigenvalue weighted by atomic mass is 16.8. The molecular weight excluding hydrogens is 330 g/mol. The second kappa shape index (κ2) is 6.45. The monoisotopic (exact) mass is 359 g/mol. The van der Waals surface area contributed by atoms with Gasteiger partial charge in [-0.05, 0) is 68.0 Å². The maximum absolute atomic E-state index is 11.1. The van der Waals surface area contributed by atoms with Gasteiger partial charge in [0.05, 0.1) is 7.11 Å². The van der Waals surface area contributed by atoms with Crippen molar-refractivity contribution in [1.82, 2.24) is 4.90 Å². The first-order valence-corrected chi connectivity index (χ1v) is 9.67. The summed E-state index contributed by atoms with van der Waals surface area (Å²) < 4.78 is 15.0. The molecule has 1 aliphatic heterocycles. The number of carbonyl (C=O) groups is 1. The fourth-order valence-electron chi connectivity index (χ4n) is 5.99. The second-order valence-corrected chi connectivity index (χ2v) is 8.34. The van der Waals surface area contributed by atoms with Crippen molar-refractivity contribution in [3.05, 3.63) is 29.3 Å². The van der Waals surface area contributed by atoms with Gasteiger partial charge in [0, 0.05) is 11.5 Å². The minimum atomic E-state index is -0.723. The van der Waals surface area contributed by atoms with Crippen LogP contribution in [0.15, 0.2) is 18.2 Å². The number of piperidine rings is 1. The zero-order valence-corrected chi connectivity index (χ0v) is 16.0. The van der Waals surface area contributed by atoms with E-state index >= 15 is 0 Å². The molecule has 0 spiro atoms. The van der Waals surface area contributed by atoms with E-state index in [1.807, 2.05) is 6.07 Å². The van der Waals surface area contributed by atoms with E-state index in [2.05, 4.69) is 35.7 Å². The Balaban J connectivity index is 1.67. The molecule has 0 N–H and O–H groups in total. The third-order valence-electron chi connectivity index (χ3n) is 7.38. The Hall–Kier alpha value is -1.75. The van der Waals surface area contributed by atoms with E-state index in [-0.39, 0.29) is 12.2 Å². The highest BCUT2D eigenvalue weighted by Gasteiger charge is 2.60. The van der Waals surface area contributed by atoms with Gasteiger partial charge < -0.3 is 19.1 Å². The molecule has 4 rings (SSSR count). The van der Waals surface area contributed by atoms with Gasteiger partial charge in [0.2, 0.25) is 6.79 Å². The molecule has 0 radical (unpaired) electrons. The maximum atomic E-state index is 11.1. The van der Waals surface area contributed by atoms with Gasteiger partial charge in [0.15, 0.2) is 0 Å². The number of methoxy groups -OCH3 is 1. The molecule has 0 amide bonds. The fourth-order valence-corrected chi connectivity index (χ4v) is 5.99. The summed E-state index contributed by atoms with van der Waals surface area (Å²) in [5, 5.41) is 0. The molecule has 2 bridgehead atoms. The quantitative estimate of drug-likeness (QED) is 0.605. The third kappa shape index (κ3) is 2.51. The zero-order chi connectivity index (χ0) is 18.4. The van der Waals surface area contributed by atoms with Crippen LogP contribution in [0.25, 0.3) is 0 Å². The lowest BCUT2D eigenvalue weighted by atomic mass is 9.45. The summed E-state index contributed by atoms with van der Waals surface area (Å²) >= 11 is 0. The topological polar surface area (TPSA) is 48.0 Å². The average molecular weight is 359 g/mol. The van der Waals surface area contributed by atoms with Crippen LogP contribution in [0.4, 0.5) is 4.79 Å². The first-order chi connectivity index (χ1) is 12.5. The molecule has 1 aromatic carbocycles. The predicted octanol–water partition coefficient (Wildman–Crippen LogP) is 3.88. The number of hydrogen-bond donors (Lipinski definition) is 0. The lowest BCUT2D eigenvalue weighted by molar-refractivity contribution is -0.0737. The Kier molecular flexibility index (Phi) is 4.38. The molecule has 5 nitrogen and oxygen atoms in total. The predicted molar refractivity (Wildman–Crippen MR) is 98.4 cm³/mol. The smallest absolute Gasteiger partial charge is 0.457 e. The molecule has 1 aromatic rings. The van der Waals surface area contributed by atoms with Crippen molar-refractivity contribution >= 4 is 6.16 Å². The van der Waals surface area contributed by atoms with Crippen LogP contribution in [-0.4, -0.2) is 44.6 Å². The van der Waals surface area contributed by atoms with Crippen molar-refractivity contribution in [2.45, 2.75) is 56.9 Å². The second-order valence-electron chi connectivity index (χ2n) is 8.34. The van der Waals surface area contributed by atoms with E-state index < -0.39 is 6.16 Å². The Bertz CT molecular complexity index is 705. The fraction of sp³-hybridized carbons (Fsp3) is 0.667. The summed E-state index contributed by atoms with van der Waals surface area (Å²) in [6, 6.07) is 7.04. The standard InChI is InChI=1S/C21H29NO4/c1-20-8-4-5-9-21(20)10-11-22(2)18(20)12-15-6-7-16(13-17(15)21)25-14-26-19(23)24-3/h6-7,13,18H,4-5,8-12,14H2,1-3H3/t18-,20+,21+/m0/s1. The van der Waals surface area contributed by atoms with Gasteiger partial charge in [-0.2, -0.15) is 0 Å². The molecule has 2 aliphatic carbocycles. The van der Waals surface area contributed by atoms with E-state index in [0.29, 0.717) is 11.5 Å². The van der Waals surface area contributed by atoms with Crippen molar-refractivity contribution in [1.29, 1.82) is 0 Å². The van der Waals surface area contributed by atoms with E-state index in [9.17, 15) is 4.79 Å². The lowest BCUT2D eigenvalue weighted by Gasteiger charge is -2.65. The van der Waals surface area contributed by atoms with Crippen LogP contribution in [-0.2, 0) is 21.3 Å². The van der Waals surface area contributed by atoms with Crippen LogP contribution in [0.5, 0.6) is 5.75 Å². The van der Waals surface area contributed by atoms with E-state index in [0.717, 1.165) is 18.7 Å². The van der Waals surface area contributed by atoms with Crippen LogP contribution in [0, 0.1) is 5.41 Å². The summed E-state index contributed by atoms with van der Waals surface area (Å²) in [7, 11) is 3.59. The van der Waals surface area contributed by atoms with Gasteiger partial charge in [-0.25, -0.2) is 4.79 Å². The van der Waals surface area contributed by atoms with Crippen LogP contribution >= 0.6 is 0 Å². The Morgan fingerprint density at radius 3 is 2.88 bits per heavy atom. The Labute approximate surface area is 155 Å². The molecule has 26 heavy (non-hydrogen) atoms. The van der Waals surface area contributed by atoms with Gasteiger partial charge in [-0.1, -0.05) is 25.8 Å². The van der Waals surface area contributed by atoms with Crippen LogP contribution in [0.1, 0.15) is 50.2 Å². The number of likely N-dealkylation sites (N-methyl/N-ethyl adjacent to an activating group) is 1. The molecule has 1 saturated heterocycles. The van der Waals surface area contributed by atoms with Crippen molar-refractivity contribution in [3.8, 4) is 5.75 Å². The number of nitrogens with zero attached hydrogens (tertiary/aromatic N) is 1. The van der Waals surface area contributed by atoms with Gasteiger partial charge in [-0.15, -0.1) is 0 Å². The normalized spacial score (nSPS) is 33.0. The van der Waals surface area contributed by atoms with E-state index in [4.69, 9.17) is 9.47 Å². The van der Waals surface area contributed by atoms with Gasteiger partial charge >= 0.3 is 6.16 Å². The molecule has 2 fully saturated rings. The molecule has 3 atom stereocenters. The highest BCUT2D eigenvalue weighted by molar-refractivity contribution is 5.59. The Morgan fingerprint density at radius 1 is 1.27 bits per heavy atom. The van der Waals surface area contributed by atoms with Crippen molar-refractivity contribution in [2.24, 2.45) is 5.41 Å². The molecule has 1 saturated carbocycles. The number of benzene rings is 1. The first-order valence-electron chi connectivity index (χ1n) is 9.67. The molecule has 5 heteroatoms. The Morgan fingerprint density at radius 2 is 2.08 bits per heavy atom. The number of hydrogen-bond acceptors (Lipinski definition) is 5. The minimum Gasteiger partial charge on any atom is -0.457 e. The largest absolute Gasteiger partial charge is 0.510 e. The SMILES string of the molecule is COC(=O)OCOc1ccc2c(c1)[C@]13CCCC[C@]1(C)[C@H](C2)N(C)CC3. The van der Waals surface area contributed by atoms with Crippen LogP contribution < -0.4 is 4.74 Å². The first kappa shape index (κ1) is 17.7. The van der Waals surface area contributed by atoms with Crippen molar-refractivity contribution in [3.63, 3.8) is 0 Å². The highest BCUT2D eigenvalue weighted by Crippen LogP contribution is 2.62. The number of fused-ring (bicyclic) bond motifs is 1. The van der Waals surface area contributed by atoms with Crippen LogP contribution in [0.3, 0.4) is 0 Å². The van der Waals surface area contributed by atoms with Gasteiger partial charge in [0.25, 0.3) is 0 Å². The molecule has 1 heterocycles. The summed E-state index contributed by atoms with van der Waals surface area (Å²) in [5.41, 5.74) is 3.51. The number of rotatable bonds is 3. The zero-order valence-electron chi connectivity index (χ0n) is 16.0. The summed E-state index contributed by atoms with van der Waals surface area (Å²) in [5.74, 6) is 0.771. The summed E-state index contributed by atoms with van der Waals surface area (Å²) in [6.07, 6.45) is 6.82. The van der Waals surface area contributed by atoms with Crippen LogP contribution in [0.2, 0.25) is 0 Å². The van der Waals surface area contributed by atoms with Crippen molar-refractivity contribution < 1.29 is 19.0 Å². The van der Waals surface area contributed by atoms with E-state index in [1.165, 1.54) is 50.3 Å². The molecule has 3 aliphatic rings. The average Bonchev–Trinajstić information content (AvgIpc) is 2.64. The number of carbonyl (C=O) groups excluding carboxylic acids is 1. The molecule has 0 unspecified atom stereocenters. The summed E-state index contributed by atoms with van der Waals surface area (Å²) in [4.78, 5) is 13.7.